The second-order valence-corrected chi connectivity index (χ2v) is 6.91. The van der Waals surface area contributed by atoms with Gasteiger partial charge in [0.1, 0.15) is 0 Å². The Morgan fingerprint density at radius 2 is 1.75 bits per heavy atom. The van der Waals surface area contributed by atoms with E-state index in [9.17, 15) is 0 Å². The molecule has 1 aliphatic carbocycles. The highest BCUT2D eigenvalue weighted by atomic mass is 15.1. The molecule has 1 fully saturated rings. The number of hydrogen-bond acceptors (Lipinski definition) is 2. The molecule has 2 heteroatoms. The molecule has 0 saturated heterocycles. The maximum Gasteiger partial charge on any atom is 0.0349 e. The fourth-order valence-corrected chi connectivity index (χ4v) is 3.02. The summed E-state index contributed by atoms with van der Waals surface area (Å²) in [6.07, 6.45) is 2.75. The molecule has 1 aromatic carbocycles. The molecule has 0 radical (unpaired) electrons. The van der Waals surface area contributed by atoms with Crippen molar-refractivity contribution in [1.82, 2.24) is 10.2 Å². The molecule has 1 aliphatic rings. The third kappa shape index (κ3) is 4.07. The van der Waals surface area contributed by atoms with Crippen molar-refractivity contribution in [2.24, 2.45) is 11.8 Å². The van der Waals surface area contributed by atoms with Crippen molar-refractivity contribution in [3.05, 3.63) is 35.4 Å². The highest BCUT2D eigenvalue weighted by Crippen LogP contribution is 2.41. The molecule has 0 aromatic heterocycles. The van der Waals surface area contributed by atoms with Gasteiger partial charge in [-0.05, 0) is 51.3 Å². The zero-order valence-corrected chi connectivity index (χ0v) is 13.7. The van der Waals surface area contributed by atoms with E-state index in [-0.39, 0.29) is 0 Å². The van der Waals surface area contributed by atoms with E-state index in [1.165, 1.54) is 24.0 Å². The summed E-state index contributed by atoms with van der Waals surface area (Å²) in [6.45, 7) is 7.85. The first kappa shape index (κ1) is 15.5. The largest absolute Gasteiger partial charge is 0.308 e. The van der Waals surface area contributed by atoms with Crippen molar-refractivity contribution in [3.8, 4) is 0 Å². The van der Waals surface area contributed by atoms with Gasteiger partial charge >= 0.3 is 0 Å². The Hall–Kier alpha value is -0.860. The number of hydrogen-bond donors (Lipinski definition) is 1. The number of aryl methyl sites for hydroxylation is 1. The number of nitrogens with zero attached hydrogens (tertiary/aromatic N) is 1. The predicted octanol–water partition coefficient (Wildman–Crippen LogP) is 3.62. The van der Waals surface area contributed by atoms with Gasteiger partial charge in [0, 0.05) is 18.6 Å². The Labute approximate surface area is 124 Å². The molecule has 2 atom stereocenters. The normalized spacial score (nSPS) is 18.6. The van der Waals surface area contributed by atoms with Crippen LogP contribution in [0.15, 0.2) is 24.3 Å². The van der Waals surface area contributed by atoms with E-state index in [1.807, 2.05) is 0 Å². The first-order chi connectivity index (χ1) is 9.49. The molecule has 1 aromatic rings. The number of nitrogens with one attached hydrogen (secondary N) is 1. The molecule has 0 amide bonds. The molecule has 0 aliphatic heterocycles. The van der Waals surface area contributed by atoms with Gasteiger partial charge in [-0.15, -0.1) is 0 Å². The molecule has 1 saturated carbocycles. The average Bonchev–Trinajstić information content (AvgIpc) is 3.19. The molecule has 0 heterocycles. The summed E-state index contributed by atoms with van der Waals surface area (Å²) in [4.78, 5) is 2.34. The van der Waals surface area contributed by atoms with Gasteiger partial charge in [0.15, 0.2) is 0 Å². The monoisotopic (exact) mass is 274 g/mol. The lowest BCUT2D eigenvalue weighted by molar-refractivity contribution is 0.216. The summed E-state index contributed by atoms with van der Waals surface area (Å²) in [7, 11) is 4.37. The molecular weight excluding hydrogens is 244 g/mol. The second kappa shape index (κ2) is 6.73. The molecule has 2 unspecified atom stereocenters. The van der Waals surface area contributed by atoms with E-state index < -0.39 is 0 Å². The maximum atomic E-state index is 3.84. The van der Waals surface area contributed by atoms with Crippen molar-refractivity contribution >= 4 is 0 Å². The molecule has 0 spiro atoms. The van der Waals surface area contributed by atoms with Crippen LogP contribution in [0.4, 0.5) is 0 Å². The van der Waals surface area contributed by atoms with Gasteiger partial charge in [0.25, 0.3) is 0 Å². The predicted molar refractivity (Wildman–Crippen MR) is 87.0 cm³/mol. The summed E-state index contributed by atoms with van der Waals surface area (Å²) in [5.41, 5.74) is 2.80. The number of likely N-dealkylation sites (N-methyl/N-ethyl adjacent to an activating group) is 1. The van der Waals surface area contributed by atoms with Gasteiger partial charge in [-0.1, -0.05) is 43.7 Å². The molecule has 2 nitrogen and oxygen atoms in total. The molecule has 2 rings (SSSR count). The van der Waals surface area contributed by atoms with Crippen LogP contribution in [0.25, 0.3) is 0 Å². The standard InChI is InChI=1S/C18H30N2/c1-13(2)17(20(4)5)12-19-18(16-10-11-16)15-8-6-14(3)7-9-15/h6-9,13,16-19H,10-12H2,1-5H3. The van der Waals surface area contributed by atoms with Crippen molar-refractivity contribution in [3.63, 3.8) is 0 Å². The highest BCUT2D eigenvalue weighted by molar-refractivity contribution is 5.25. The van der Waals surface area contributed by atoms with Gasteiger partial charge in [-0.25, -0.2) is 0 Å². The first-order valence-corrected chi connectivity index (χ1v) is 7.95. The number of benzene rings is 1. The highest BCUT2D eigenvalue weighted by Gasteiger charge is 2.32. The zero-order chi connectivity index (χ0) is 14.7. The summed E-state index contributed by atoms with van der Waals surface area (Å²) < 4.78 is 0. The molecular formula is C18H30N2. The second-order valence-electron chi connectivity index (χ2n) is 6.91. The SMILES string of the molecule is Cc1ccc(C(NCC(C(C)C)N(C)C)C2CC2)cc1. The Morgan fingerprint density at radius 3 is 2.20 bits per heavy atom. The average molecular weight is 274 g/mol. The fraction of sp³-hybridized carbons (Fsp3) is 0.667. The van der Waals surface area contributed by atoms with Crippen LogP contribution in [0, 0.1) is 18.8 Å². The Kier molecular flexibility index (Phi) is 5.22. The van der Waals surface area contributed by atoms with Crippen molar-refractivity contribution in [1.29, 1.82) is 0 Å². The first-order valence-electron chi connectivity index (χ1n) is 7.95. The van der Waals surface area contributed by atoms with Crippen LogP contribution in [0.1, 0.15) is 43.9 Å². The summed E-state index contributed by atoms with van der Waals surface area (Å²) >= 11 is 0. The zero-order valence-electron chi connectivity index (χ0n) is 13.7. The van der Waals surface area contributed by atoms with Crippen molar-refractivity contribution < 1.29 is 0 Å². The lowest BCUT2D eigenvalue weighted by atomic mass is 9.98. The molecule has 112 valence electrons. The summed E-state index contributed by atoms with van der Waals surface area (Å²) in [5.74, 6) is 1.52. The van der Waals surface area contributed by atoms with Gasteiger partial charge in [0.05, 0.1) is 0 Å². The van der Waals surface area contributed by atoms with Crippen LogP contribution < -0.4 is 5.32 Å². The Bertz CT molecular complexity index is 396. The van der Waals surface area contributed by atoms with E-state index in [0.717, 1.165) is 12.5 Å². The van der Waals surface area contributed by atoms with E-state index in [0.29, 0.717) is 18.0 Å². The fourth-order valence-electron chi connectivity index (χ4n) is 3.02. The van der Waals surface area contributed by atoms with E-state index in [2.05, 4.69) is 69.3 Å². The minimum atomic E-state index is 0.539. The maximum absolute atomic E-state index is 3.84. The van der Waals surface area contributed by atoms with E-state index in [1.54, 1.807) is 0 Å². The van der Waals surface area contributed by atoms with Crippen molar-refractivity contribution in [2.75, 3.05) is 20.6 Å². The molecule has 20 heavy (non-hydrogen) atoms. The lowest BCUT2D eigenvalue weighted by Crippen LogP contribution is -2.43. The minimum absolute atomic E-state index is 0.539. The van der Waals surface area contributed by atoms with Crippen LogP contribution in [-0.4, -0.2) is 31.6 Å². The summed E-state index contributed by atoms with van der Waals surface area (Å²) in [6, 6.07) is 10.2. The lowest BCUT2D eigenvalue weighted by Gasteiger charge is -2.30. The third-order valence-electron chi connectivity index (χ3n) is 4.51. The quantitative estimate of drug-likeness (QED) is 0.817. The molecule has 0 bridgehead atoms. The third-order valence-corrected chi connectivity index (χ3v) is 4.51. The van der Waals surface area contributed by atoms with Gasteiger partial charge in [-0.2, -0.15) is 0 Å². The minimum Gasteiger partial charge on any atom is -0.308 e. The molecule has 1 N–H and O–H groups in total. The van der Waals surface area contributed by atoms with E-state index in [4.69, 9.17) is 0 Å². The van der Waals surface area contributed by atoms with E-state index >= 15 is 0 Å². The smallest absolute Gasteiger partial charge is 0.0349 e. The van der Waals surface area contributed by atoms with Crippen LogP contribution in [0.2, 0.25) is 0 Å². The van der Waals surface area contributed by atoms with Gasteiger partial charge in [0.2, 0.25) is 0 Å². The van der Waals surface area contributed by atoms with Gasteiger partial charge < -0.3 is 10.2 Å². The van der Waals surface area contributed by atoms with Crippen LogP contribution in [0.5, 0.6) is 0 Å². The van der Waals surface area contributed by atoms with Crippen molar-refractivity contribution in [2.45, 2.75) is 45.7 Å². The van der Waals surface area contributed by atoms with Crippen LogP contribution in [0.3, 0.4) is 0 Å². The number of rotatable bonds is 7. The van der Waals surface area contributed by atoms with Gasteiger partial charge in [-0.3, -0.25) is 0 Å². The van der Waals surface area contributed by atoms with Crippen LogP contribution >= 0.6 is 0 Å². The Morgan fingerprint density at radius 1 is 1.15 bits per heavy atom. The topological polar surface area (TPSA) is 15.3 Å². The summed E-state index contributed by atoms with van der Waals surface area (Å²) in [5, 5.41) is 3.84. The Balaban J connectivity index is 2.01. The van der Waals surface area contributed by atoms with Crippen LogP contribution in [-0.2, 0) is 0 Å².